The van der Waals surface area contributed by atoms with Crippen LogP contribution < -0.4 is 0 Å². The van der Waals surface area contributed by atoms with E-state index in [1.54, 1.807) is 0 Å². The number of likely N-dealkylation sites (N-methyl/N-ethyl adjacent to an activating group) is 1. The Bertz CT molecular complexity index is 364. The van der Waals surface area contributed by atoms with E-state index in [0.717, 1.165) is 58.9 Å². The third-order valence-electron chi connectivity index (χ3n) is 5.42. The number of ether oxygens (including phenoxy) is 2. The van der Waals surface area contributed by atoms with Crippen molar-refractivity contribution in [2.45, 2.75) is 110 Å². The Morgan fingerprint density at radius 1 is 0.613 bits per heavy atom. The van der Waals surface area contributed by atoms with Crippen molar-refractivity contribution in [2.24, 2.45) is 0 Å². The summed E-state index contributed by atoms with van der Waals surface area (Å²) >= 11 is 0. The molecule has 0 fully saturated rings. The summed E-state index contributed by atoms with van der Waals surface area (Å²) in [6.45, 7) is 21.7. The zero-order chi connectivity index (χ0) is 23.4. The predicted octanol–water partition coefficient (Wildman–Crippen LogP) is 4.32. The van der Waals surface area contributed by atoms with Gasteiger partial charge in [0.1, 0.15) is 0 Å². The smallest absolute Gasteiger partial charge is 0.161 e. The first-order valence-corrected chi connectivity index (χ1v) is 16.1. The number of nitrogens with zero attached hydrogens (tertiary/aromatic N) is 1. The first kappa shape index (κ1) is 31.2. The summed E-state index contributed by atoms with van der Waals surface area (Å²) in [4.78, 5) is 2.47. The summed E-state index contributed by atoms with van der Waals surface area (Å²) in [6.07, 6.45) is 7.38. The molecule has 0 atom stereocenters. The number of unbranched alkanes of at least 4 members (excludes halogenated alkanes) is 4. The number of hydrogen-bond donors (Lipinski definition) is 0. The summed E-state index contributed by atoms with van der Waals surface area (Å²) in [5.41, 5.74) is -0.257. The molecule has 0 aromatic rings. The highest BCUT2D eigenvalue weighted by atomic mass is 28.2. The van der Waals surface area contributed by atoms with E-state index in [4.69, 9.17) is 18.3 Å². The monoisotopic (exact) mass is 477 g/mol. The third kappa shape index (κ3) is 20.6. The molecule has 0 heterocycles. The molecule has 0 aromatic heterocycles. The number of rotatable bonds is 23. The first-order chi connectivity index (χ1) is 14.8. The molecule has 0 amide bonds. The third-order valence-corrected chi connectivity index (χ3v) is 8.39. The van der Waals surface area contributed by atoms with Gasteiger partial charge in [-0.2, -0.15) is 0 Å². The Balaban J connectivity index is 4.01. The van der Waals surface area contributed by atoms with Gasteiger partial charge in [-0.05, 0) is 73.0 Å². The van der Waals surface area contributed by atoms with Crippen molar-refractivity contribution in [1.29, 1.82) is 0 Å². The van der Waals surface area contributed by atoms with Crippen LogP contribution in [0.3, 0.4) is 0 Å². The van der Waals surface area contributed by atoms with Crippen molar-refractivity contribution in [3.63, 3.8) is 0 Å². The molecular formula is C24H55NO4Si2. The van der Waals surface area contributed by atoms with Gasteiger partial charge in [-0.25, -0.2) is 0 Å². The molecule has 0 bridgehead atoms. The zero-order valence-electron chi connectivity index (χ0n) is 22.1. The van der Waals surface area contributed by atoms with Gasteiger partial charge >= 0.3 is 0 Å². The van der Waals surface area contributed by atoms with Crippen molar-refractivity contribution in [1.82, 2.24) is 4.90 Å². The Kier molecular flexibility index (Phi) is 19.8. The summed E-state index contributed by atoms with van der Waals surface area (Å²) in [5, 5.41) is 0. The fourth-order valence-corrected chi connectivity index (χ4v) is 5.85. The molecule has 0 aliphatic carbocycles. The van der Waals surface area contributed by atoms with Crippen molar-refractivity contribution in [3.8, 4) is 0 Å². The van der Waals surface area contributed by atoms with E-state index in [1.165, 1.54) is 37.8 Å². The minimum absolute atomic E-state index is 0.128. The lowest BCUT2D eigenvalue weighted by Crippen LogP contribution is -2.47. The van der Waals surface area contributed by atoms with Gasteiger partial charge in [-0.15, -0.1) is 0 Å². The van der Waals surface area contributed by atoms with Gasteiger partial charge in [0.05, 0.1) is 11.2 Å². The molecule has 188 valence electrons. The lowest BCUT2D eigenvalue weighted by molar-refractivity contribution is -0.0729. The lowest BCUT2D eigenvalue weighted by atomic mass is 10.1. The Hall–Kier alpha value is 0.234. The van der Waals surface area contributed by atoms with Gasteiger partial charge in [0.2, 0.25) is 0 Å². The fraction of sp³-hybridized carbons (Fsp3) is 1.00. The molecule has 31 heavy (non-hydrogen) atoms. The Morgan fingerprint density at radius 2 is 1.03 bits per heavy atom. The van der Waals surface area contributed by atoms with Crippen LogP contribution in [-0.2, 0) is 18.3 Å². The maximum atomic E-state index is 6.25. The molecule has 0 saturated carbocycles. The molecule has 7 heteroatoms. The average molecular weight is 478 g/mol. The largest absolute Gasteiger partial charge is 0.424 e. The summed E-state index contributed by atoms with van der Waals surface area (Å²) < 4.78 is 23.6. The van der Waals surface area contributed by atoms with Crippen LogP contribution in [0.15, 0.2) is 0 Å². The quantitative estimate of drug-likeness (QED) is 0.162. The molecule has 0 radical (unpaired) electrons. The molecule has 0 aliphatic rings. The van der Waals surface area contributed by atoms with E-state index in [-0.39, 0.29) is 30.7 Å². The SMILES string of the molecule is CCO[SiH2]CCCCCOC(C)(C)CN(CC)CC(C)(C)OCCCCC[SiH2]OCC. The van der Waals surface area contributed by atoms with E-state index in [9.17, 15) is 0 Å². The summed E-state index contributed by atoms with van der Waals surface area (Å²) in [7, 11) is -0.525. The molecule has 5 nitrogen and oxygen atoms in total. The van der Waals surface area contributed by atoms with Crippen molar-refractivity contribution >= 4 is 19.5 Å². The minimum Gasteiger partial charge on any atom is -0.424 e. The molecule has 0 unspecified atom stereocenters. The normalized spacial score (nSPS) is 13.5. The highest BCUT2D eigenvalue weighted by Gasteiger charge is 2.27. The Labute approximate surface area is 199 Å². The lowest BCUT2D eigenvalue weighted by Gasteiger charge is -2.37. The second-order valence-corrected chi connectivity index (χ2v) is 12.8. The predicted molar refractivity (Wildman–Crippen MR) is 140 cm³/mol. The zero-order valence-corrected chi connectivity index (χ0v) is 24.9. The summed E-state index contributed by atoms with van der Waals surface area (Å²) in [5.74, 6) is 0. The van der Waals surface area contributed by atoms with E-state index in [1.807, 2.05) is 0 Å². The molecule has 0 spiro atoms. The van der Waals surface area contributed by atoms with Crippen LogP contribution in [-0.4, -0.2) is 81.7 Å². The van der Waals surface area contributed by atoms with Gasteiger partial charge in [0.15, 0.2) is 19.5 Å². The van der Waals surface area contributed by atoms with Crippen LogP contribution in [0.5, 0.6) is 0 Å². The van der Waals surface area contributed by atoms with Crippen LogP contribution in [0.4, 0.5) is 0 Å². The van der Waals surface area contributed by atoms with E-state index < -0.39 is 0 Å². The Morgan fingerprint density at radius 3 is 1.39 bits per heavy atom. The highest BCUT2D eigenvalue weighted by molar-refractivity contribution is 6.27. The van der Waals surface area contributed by atoms with Gasteiger partial charge in [-0.1, -0.05) is 32.6 Å². The molecular weight excluding hydrogens is 422 g/mol. The molecule has 0 rings (SSSR count). The number of hydrogen-bond acceptors (Lipinski definition) is 5. The van der Waals surface area contributed by atoms with E-state index in [2.05, 4.69) is 53.4 Å². The maximum Gasteiger partial charge on any atom is 0.161 e. The average Bonchev–Trinajstić information content (AvgIpc) is 2.71. The van der Waals surface area contributed by atoms with Crippen LogP contribution >= 0.6 is 0 Å². The van der Waals surface area contributed by atoms with Crippen LogP contribution in [0.2, 0.25) is 12.1 Å². The standard InChI is InChI=1S/C24H55NO4Si2/c1-8-25(21-23(4,5)26-17-13-11-15-19-30-28-9-2)22-24(6,7)27-18-14-12-16-20-31-29-10-3/h8-22,30-31H2,1-7H3. The van der Waals surface area contributed by atoms with Gasteiger partial charge in [-0.3, -0.25) is 4.90 Å². The van der Waals surface area contributed by atoms with Crippen molar-refractivity contribution in [2.75, 3.05) is 46.1 Å². The molecule has 0 saturated heterocycles. The second-order valence-electron chi connectivity index (χ2n) is 9.74. The molecule has 0 aromatic carbocycles. The fourth-order valence-electron chi connectivity index (χ4n) is 3.75. The van der Waals surface area contributed by atoms with Crippen LogP contribution in [0.1, 0.15) is 87.0 Å². The second kappa shape index (κ2) is 19.7. The topological polar surface area (TPSA) is 40.2 Å². The molecule has 0 N–H and O–H groups in total. The van der Waals surface area contributed by atoms with Gasteiger partial charge in [0.25, 0.3) is 0 Å². The maximum absolute atomic E-state index is 6.25. The van der Waals surface area contributed by atoms with Crippen molar-refractivity contribution in [3.05, 3.63) is 0 Å². The van der Waals surface area contributed by atoms with Crippen LogP contribution in [0, 0.1) is 0 Å². The first-order valence-electron chi connectivity index (χ1n) is 12.9. The van der Waals surface area contributed by atoms with Crippen molar-refractivity contribution < 1.29 is 18.3 Å². The van der Waals surface area contributed by atoms with Gasteiger partial charge in [0, 0.05) is 39.5 Å². The van der Waals surface area contributed by atoms with Gasteiger partial charge < -0.3 is 18.3 Å². The molecule has 0 aliphatic heterocycles. The van der Waals surface area contributed by atoms with E-state index >= 15 is 0 Å². The highest BCUT2D eigenvalue weighted by Crippen LogP contribution is 2.18. The van der Waals surface area contributed by atoms with Crippen LogP contribution in [0.25, 0.3) is 0 Å². The minimum atomic E-state index is -0.263. The summed E-state index contributed by atoms with van der Waals surface area (Å²) in [6, 6.07) is 2.59. The van der Waals surface area contributed by atoms with E-state index in [0.29, 0.717) is 0 Å².